The molecule has 2 fully saturated rings. The molecule has 2 amide bonds. The normalized spacial score (nSPS) is 25.0. The summed E-state index contributed by atoms with van der Waals surface area (Å²) in [6, 6.07) is 5.26. The number of carbonyl (C=O) groups is 1. The Bertz CT molecular complexity index is 774. The van der Waals surface area contributed by atoms with E-state index in [9.17, 15) is 4.79 Å². The number of nitrogens with one attached hydrogen (secondary N) is 2. The average molecular weight is 399 g/mol. The predicted octanol–water partition coefficient (Wildman–Crippen LogP) is 4.37. The molecule has 1 saturated heterocycles. The smallest absolute Gasteiger partial charge is 0.321 e. The maximum absolute atomic E-state index is 12.1. The number of nitrogens with zero attached hydrogens (tertiary/aromatic N) is 2. The van der Waals surface area contributed by atoms with E-state index in [4.69, 9.17) is 27.9 Å². The minimum absolute atomic E-state index is 0.0106. The van der Waals surface area contributed by atoms with Gasteiger partial charge in [-0.1, -0.05) is 34.5 Å². The molecule has 1 unspecified atom stereocenters. The average Bonchev–Trinajstić information content (AvgIpc) is 2.97. The number of aromatic nitrogens is 2. The van der Waals surface area contributed by atoms with Crippen LogP contribution in [0.1, 0.15) is 41.9 Å². The Balaban J connectivity index is 1.31. The van der Waals surface area contributed by atoms with Gasteiger partial charge in [0.05, 0.1) is 0 Å². The number of hydrogen-bond donors (Lipinski definition) is 2. The highest BCUT2D eigenvalue weighted by Crippen LogP contribution is 2.42. The number of benzene rings is 1. The molecule has 2 heterocycles. The van der Waals surface area contributed by atoms with Crippen LogP contribution in [0.15, 0.2) is 18.2 Å². The first-order valence-corrected chi connectivity index (χ1v) is 9.64. The Kier molecular flexibility index (Phi) is 4.82. The van der Waals surface area contributed by atoms with Gasteiger partial charge in [-0.05, 0) is 43.0 Å². The van der Waals surface area contributed by atoms with Crippen molar-refractivity contribution in [3.63, 3.8) is 0 Å². The fourth-order valence-corrected chi connectivity index (χ4v) is 4.37. The van der Waals surface area contributed by atoms with Gasteiger partial charge in [-0.25, -0.2) is 4.79 Å². The molecule has 1 aliphatic carbocycles. The van der Waals surface area contributed by atoms with E-state index in [2.05, 4.69) is 20.8 Å². The predicted molar refractivity (Wildman–Crippen MR) is 97.6 cm³/mol. The molecule has 6 nitrogen and oxygen atoms in total. The van der Waals surface area contributed by atoms with E-state index in [1.165, 1.54) is 11.3 Å². The second-order valence-corrected chi connectivity index (χ2v) is 8.08. The van der Waals surface area contributed by atoms with Crippen LogP contribution in [0.25, 0.3) is 0 Å². The van der Waals surface area contributed by atoms with Crippen LogP contribution in [-0.2, 0) is 4.74 Å². The molecule has 1 aliphatic heterocycles. The summed E-state index contributed by atoms with van der Waals surface area (Å²) in [6.45, 7) is 0.754. The summed E-state index contributed by atoms with van der Waals surface area (Å²) < 4.78 is 5.57. The molecule has 0 radical (unpaired) electrons. The van der Waals surface area contributed by atoms with Crippen molar-refractivity contribution >= 4 is 45.7 Å². The topological polar surface area (TPSA) is 76.1 Å². The van der Waals surface area contributed by atoms with Crippen molar-refractivity contribution in [3.8, 4) is 0 Å². The van der Waals surface area contributed by atoms with Crippen LogP contribution in [0.2, 0.25) is 10.0 Å². The van der Waals surface area contributed by atoms with E-state index in [0.29, 0.717) is 15.2 Å². The van der Waals surface area contributed by atoms with Crippen LogP contribution in [0, 0.1) is 0 Å². The first-order chi connectivity index (χ1) is 12.1. The summed E-state index contributed by atoms with van der Waals surface area (Å²) in [4.78, 5) is 12.1. The summed E-state index contributed by atoms with van der Waals surface area (Å²) in [5.41, 5.74) is 1.04. The van der Waals surface area contributed by atoms with Gasteiger partial charge < -0.3 is 10.1 Å². The summed E-state index contributed by atoms with van der Waals surface area (Å²) in [7, 11) is 0. The summed E-state index contributed by atoms with van der Waals surface area (Å²) >= 11 is 13.4. The fourth-order valence-electron chi connectivity index (χ4n) is 3.00. The molecule has 0 bridgehead atoms. The minimum atomic E-state index is -0.282. The van der Waals surface area contributed by atoms with E-state index in [0.717, 1.165) is 36.4 Å². The Labute approximate surface area is 158 Å². The first-order valence-electron chi connectivity index (χ1n) is 8.07. The third-order valence-corrected chi connectivity index (χ3v) is 5.65. The zero-order chi connectivity index (χ0) is 17.4. The molecule has 132 valence electrons. The highest BCUT2D eigenvalue weighted by molar-refractivity contribution is 7.15. The molecule has 4 rings (SSSR count). The van der Waals surface area contributed by atoms with E-state index in [-0.39, 0.29) is 24.1 Å². The van der Waals surface area contributed by atoms with Crippen molar-refractivity contribution in [2.75, 3.05) is 11.9 Å². The molecular formula is C16H16Cl2N4O2S. The Morgan fingerprint density at radius 1 is 1.24 bits per heavy atom. The second kappa shape index (κ2) is 7.07. The monoisotopic (exact) mass is 398 g/mol. The van der Waals surface area contributed by atoms with Crippen LogP contribution in [0.3, 0.4) is 0 Å². The van der Waals surface area contributed by atoms with Crippen molar-refractivity contribution in [2.45, 2.75) is 37.3 Å². The highest BCUT2D eigenvalue weighted by atomic mass is 35.5. The van der Waals surface area contributed by atoms with Gasteiger partial charge >= 0.3 is 6.03 Å². The largest absolute Gasteiger partial charge is 0.371 e. The molecule has 2 aliphatic rings. The van der Waals surface area contributed by atoms with Crippen molar-refractivity contribution in [3.05, 3.63) is 38.8 Å². The van der Waals surface area contributed by atoms with Crippen LogP contribution in [0.5, 0.6) is 0 Å². The molecule has 3 atom stereocenters. The lowest BCUT2D eigenvalue weighted by Gasteiger charge is -2.06. The molecule has 2 N–H and O–H groups in total. The van der Waals surface area contributed by atoms with Crippen LogP contribution in [-0.4, -0.2) is 28.9 Å². The molecule has 1 saturated carbocycles. The standard InChI is InChI=1S/C16H16Cl2N4O2S/c17-9-4-8(5-10(18)6-9)11-7-12(11)19-15(23)20-16-22-21-14(25-16)13-2-1-3-24-13/h4-6,11-13H,1-3,7H2,(H2,19,20,22,23)/t11-,12+,13?/m0/s1. The summed E-state index contributed by atoms with van der Waals surface area (Å²) in [5, 5.41) is 16.3. The number of carbonyl (C=O) groups excluding carboxylic acids is 1. The molecular weight excluding hydrogens is 383 g/mol. The zero-order valence-corrected chi connectivity index (χ0v) is 15.5. The number of amides is 2. The van der Waals surface area contributed by atoms with Crippen molar-refractivity contribution < 1.29 is 9.53 Å². The van der Waals surface area contributed by atoms with Crippen LogP contribution >= 0.6 is 34.5 Å². The molecule has 1 aromatic carbocycles. The Morgan fingerprint density at radius 2 is 2.04 bits per heavy atom. The maximum atomic E-state index is 12.1. The van der Waals surface area contributed by atoms with Gasteiger partial charge in [-0.15, -0.1) is 10.2 Å². The van der Waals surface area contributed by atoms with Crippen molar-refractivity contribution in [1.82, 2.24) is 15.5 Å². The molecule has 25 heavy (non-hydrogen) atoms. The number of hydrogen-bond acceptors (Lipinski definition) is 5. The van der Waals surface area contributed by atoms with Gasteiger partial charge in [0.1, 0.15) is 11.1 Å². The van der Waals surface area contributed by atoms with Crippen molar-refractivity contribution in [1.29, 1.82) is 0 Å². The van der Waals surface area contributed by atoms with E-state index in [1.54, 1.807) is 6.07 Å². The molecule has 1 aromatic heterocycles. The Hall–Kier alpha value is -1.41. The van der Waals surface area contributed by atoms with Gasteiger partial charge in [0.25, 0.3) is 0 Å². The quantitative estimate of drug-likeness (QED) is 0.801. The Morgan fingerprint density at radius 3 is 2.76 bits per heavy atom. The number of ether oxygens (including phenoxy) is 1. The highest BCUT2D eigenvalue weighted by Gasteiger charge is 2.40. The molecule has 2 aromatic rings. The second-order valence-electron chi connectivity index (χ2n) is 6.20. The zero-order valence-electron chi connectivity index (χ0n) is 13.2. The fraction of sp³-hybridized carbons (Fsp3) is 0.438. The molecule has 0 spiro atoms. The van der Waals surface area contributed by atoms with Gasteiger partial charge in [-0.3, -0.25) is 5.32 Å². The SMILES string of the molecule is O=C(Nc1nnc(C2CCCO2)s1)N[C@@H]1C[C@H]1c1cc(Cl)cc(Cl)c1. The lowest BCUT2D eigenvalue weighted by molar-refractivity contribution is 0.111. The van der Waals surface area contributed by atoms with E-state index >= 15 is 0 Å². The van der Waals surface area contributed by atoms with Gasteiger partial charge in [-0.2, -0.15) is 0 Å². The van der Waals surface area contributed by atoms with Gasteiger partial charge in [0.15, 0.2) is 0 Å². The van der Waals surface area contributed by atoms with E-state index < -0.39 is 0 Å². The van der Waals surface area contributed by atoms with E-state index in [1.807, 2.05) is 12.1 Å². The summed E-state index contributed by atoms with van der Waals surface area (Å²) in [5.74, 6) is 0.235. The number of rotatable bonds is 4. The van der Waals surface area contributed by atoms with Gasteiger partial charge in [0, 0.05) is 28.6 Å². The van der Waals surface area contributed by atoms with Gasteiger partial charge in [0.2, 0.25) is 5.13 Å². The lowest BCUT2D eigenvalue weighted by atomic mass is 10.1. The maximum Gasteiger partial charge on any atom is 0.321 e. The third kappa shape index (κ3) is 4.06. The number of halogens is 2. The number of anilines is 1. The third-order valence-electron chi connectivity index (χ3n) is 4.29. The number of urea groups is 1. The minimum Gasteiger partial charge on any atom is -0.371 e. The summed E-state index contributed by atoms with van der Waals surface area (Å²) in [6.07, 6.45) is 2.86. The van der Waals surface area contributed by atoms with Crippen LogP contribution < -0.4 is 10.6 Å². The first kappa shape index (κ1) is 17.0. The lowest BCUT2D eigenvalue weighted by Crippen LogP contribution is -2.31. The van der Waals surface area contributed by atoms with Crippen LogP contribution in [0.4, 0.5) is 9.93 Å². The molecule has 9 heteroatoms. The van der Waals surface area contributed by atoms with Crippen molar-refractivity contribution in [2.24, 2.45) is 0 Å².